The van der Waals surface area contributed by atoms with Crippen molar-refractivity contribution in [3.63, 3.8) is 0 Å². The number of imidazole rings is 1. The van der Waals surface area contributed by atoms with Gasteiger partial charge in [0.15, 0.2) is 5.65 Å². The maximum atomic E-state index is 11.2. The summed E-state index contributed by atoms with van der Waals surface area (Å²) in [5.41, 5.74) is 7.49. The molecular weight excluding hydrogens is 454 g/mol. The van der Waals surface area contributed by atoms with Gasteiger partial charge in [-0.3, -0.25) is 5.41 Å². The lowest BCUT2D eigenvalue weighted by Gasteiger charge is -2.27. The first-order chi connectivity index (χ1) is 16.4. The van der Waals surface area contributed by atoms with E-state index in [1.807, 2.05) is 12.1 Å². The fraction of sp³-hybridized carbons (Fsp3) is 0.375. The summed E-state index contributed by atoms with van der Waals surface area (Å²) in [6, 6.07) is 7.28. The Hall–Kier alpha value is -3.46. The average Bonchev–Trinajstić information content (AvgIpc) is 3.15. The predicted octanol–water partition coefficient (Wildman–Crippen LogP) is 4.99. The number of hydrogen-bond acceptors (Lipinski definition) is 7. The lowest BCUT2D eigenvalue weighted by molar-refractivity contribution is 0.207. The minimum Gasteiger partial charge on any atom is -0.388 e. The van der Waals surface area contributed by atoms with Gasteiger partial charge >= 0.3 is 6.09 Å². The second kappa shape index (κ2) is 10.2. The van der Waals surface area contributed by atoms with Crippen LogP contribution in [-0.4, -0.2) is 38.1 Å². The molecule has 3 aromatic rings. The van der Waals surface area contributed by atoms with E-state index >= 15 is 0 Å². The molecule has 4 rings (SSSR count). The zero-order chi connectivity index (χ0) is 24.2. The van der Waals surface area contributed by atoms with Crippen LogP contribution in [0.1, 0.15) is 38.4 Å². The van der Waals surface area contributed by atoms with Crippen molar-refractivity contribution in [3.8, 4) is 11.3 Å². The number of nitrogens with two attached hydrogens (primary N) is 1. The van der Waals surface area contributed by atoms with Crippen LogP contribution in [-0.2, 0) is 11.3 Å². The fourth-order valence-electron chi connectivity index (χ4n) is 4.37. The molecule has 0 spiro atoms. The van der Waals surface area contributed by atoms with E-state index in [9.17, 15) is 4.79 Å². The van der Waals surface area contributed by atoms with Gasteiger partial charge in [0, 0.05) is 23.7 Å². The number of hydrogen-bond donors (Lipinski definition) is 3. The number of benzene rings is 1. The highest BCUT2D eigenvalue weighted by Gasteiger charge is 2.25. The Bertz CT molecular complexity index is 1230. The van der Waals surface area contributed by atoms with Crippen molar-refractivity contribution in [2.75, 3.05) is 11.9 Å². The Morgan fingerprint density at radius 3 is 2.76 bits per heavy atom. The van der Waals surface area contributed by atoms with E-state index in [0.29, 0.717) is 34.8 Å². The summed E-state index contributed by atoms with van der Waals surface area (Å²) in [5, 5.41) is 11.9. The van der Waals surface area contributed by atoms with Gasteiger partial charge in [-0.1, -0.05) is 49.6 Å². The SMILES string of the molecule is C=CCNc1nc2nc(C(=N)OC(N)=O)nc(-c3cccc(Cl)c3)c2n1CC1CCC(C)CC1. The number of aromatic nitrogens is 4. The number of anilines is 1. The topological polar surface area (TPSA) is 132 Å². The maximum absolute atomic E-state index is 11.2. The molecule has 9 nitrogen and oxygen atoms in total. The van der Waals surface area contributed by atoms with Crippen LogP contribution < -0.4 is 11.1 Å². The maximum Gasteiger partial charge on any atom is 0.411 e. The summed E-state index contributed by atoms with van der Waals surface area (Å²) in [6.07, 6.45) is 5.35. The van der Waals surface area contributed by atoms with Gasteiger partial charge in [0.1, 0.15) is 11.2 Å². The zero-order valence-electron chi connectivity index (χ0n) is 19.1. The molecule has 4 N–H and O–H groups in total. The van der Waals surface area contributed by atoms with E-state index in [2.05, 4.69) is 33.4 Å². The number of nitrogens with one attached hydrogen (secondary N) is 2. The molecular formula is C24H28ClN7O2. The van der Waals surface area contributed by atoms with E-state index < -0.39 is 12.0 Å². The Balaban J connectivity index is 1.89. The van der Waals surface area contributed by atoms with Gasteiger partial charge < -0.3 is 20.4 Å². The van der Waals surface area contributed by atoms with Crippen LogP contribution in [0.15, 0.2) is 36.9 Å². The number of amides is 1. The molecule has 1 fully saturated rings. The monoisotopic (exact) mass is 481 g/mol. The quantitative estimate of drug-likeness (QED) is 0.247. The first kappa shape index (κ1) is 23.7. The number of halogens is 1. The second-order valence-electron chi connectivity index (χ2n) is 8.67. The van der Waals surface area contributed by atoms with E-state index in [1.54, 1.807) is 18.2 Å². The first-order valence-corrected chi connectivity index (χ1v) is 11.7. The fourth-order valence-corrected chi connectivity index (χ4v) is 4.56. The predicted molar refractivity (Wildman–Crippen MR) is 133 cm³/mol. The molecule has 2 aromatic heterocycles. The normalized spacial score (nSPS) is 17.9. The van der Waals surface area contributed by atoms with Crippen LogP contribution in [0.5, 0.6) is 0 Å². The highest BCUT2D eigenvalue weighted by atomic mass is 35.5. The minimum absolute atomic E-state index is 0.0901. The van der Waals surface area contributed by atoms with Crippen LogP contribution >= 0.6 is 11.6 Å². The molecule has 2 heterocycles. The van der Waals surface area contributed by atoms with Crippen LogP contribution in [0.25, 0.3) is 22.4 Å². The van der Waals surface area contributed by atoms with Gasteiger partial charge in [0.2, 0.25) is 11.8 Å². The van der Waals surface area contributed by atoms with Crippen molar-refractivity contribution in [2.24, 2.45) is 17.6 Å². The van der Waals surface area contributed by atoms with Crippen molar-refractivity contribution in [3.05, 3.63) is 47.8 Å². The molecule has 10 heteroatoms. The van der Waals surface area contributed by atoms with Crippen LogP contribution in [0, 0.1) is 17.2 Å². The van der Waals surface area contributed by atoms with E-state index in [-0.39, 0.29) is 5.82 Å². The number of primary amides is 1. The second-order valence-corrected chi connectivity index (χ2v) is 9.11. The summed E-state index contributed by atoms with van der Waals surface area (Å²) in [5.74, 6) is 1.26. The zero-order valence-corrected chi connectivity index (χ0v) is 19.8. The third-order valence-electron chi connectivity index (χ3n) is 6.09. The standard InChI is InChI=1S/C24H28ClN7O2/c1-3-11-28-24-31-21-19(32(24)13-15-9-7-14(2)8-10-15)18(16-5-4-6-17(25)12-16)29-22(30-21)20(26)34-23(27)33/h3-6,12,14-15,26H,1,7-11,13H2,2H3,(H2,27,33)(H,28,29,30,31). The third-order valence-corrected chi connectivity index (χ3v) is 6.32. The van der Waals surface area contributed by atoms with Gasteiger partial charge in [-0.2, -0.15) is 4.98 Å². The third kappa shape index (κ3) is 5.20. The smallest absolute Gasteiger partial charge is 0.388 e. The van der Waals surface area contributed by atoms with Gasteiger partial charge in [0.05, 0.1) is 0 Å². The number of nitrogens with zero attached hydrogens (tertiary/aromatic N) is 4. The number of fused-ring (bicyclic) bond motifs is 1. The summed E-state index contributed by atoms with van der Waals surface area (Å²) < 4.78 is 6.85. The van der Waals surface area contributed by atoms with Gasteiger partial charge in [-0.25, -0.2) is 14.8 Å². The average molecular weight is 482 g/mol. The van der Waals surface area contributed by atoms with E-state index in [4.69, 9.17) is 32.5 Å². The molecule has 1 saturated carbocycles. The summed E-state index contributed by atoms with van der Waals surface area (Å²) in [6.45, 7) is 7.38. The Morgan fingerprint density at radius 1 is 1.32 bits per heavy atom. The Kier molecular flexibility index (Phi) is 7.12. The van der Waals surface area contributed by atoms with Crippen LogP contribution in [0.3, 0.4) is 0 Å². The molecule has 0 aliphatic heterocycles. The van der Waals surface area contributed by atoms with Crippen molar-refractivity contribution in [2.45, 2.75) is 39.2 Å². The molecule has 0 atom stereocenters. The van der Waals surface area contributed by atoms with Gasteiger partial charge in [-0.15, -0.1) is 6.58 Å². The lowest BCUT2D eigenvalue weighted by Crippen LogP contribution is -2.21. The summed E-state index contributed by atoms with van der Waals surface area (Å²) >= 11 is 6.28. The van der Waals surface area contributed by atoms with E-state index in [1.165, 1.54) is 12.8 Å². The minimum atomic E-state index is -1.11. The summed E-state index contributed by atoms with van der Waals surface area (Å²) in [7, 11) is 0. The van der Waals surface area contributed by atoms with Crippen molar-refractivity contribution in [1.82, 2.24) is 19.5 Å². The highest BCUT2D eigenvalue weighted by Crippen LogP contribution is 2.34. The summed E-state index contributed by atoms with van der Waals surface area (Å²) in [4.78, 5) is 24.9. The molecule has 1 aromatic carbocycles. The van der Waals surface area contributed by atoms with Crippen LogP contribution in [0.2, 0.25) is 5.02 Å². The molecule has 0 unspecified atom stereocenters. The van der Waals surface area contributed by atoms with Crippen molar-refractivity contribution in [1.29, 1.82) is 5.41 Å². The Labute approximate surface area is 202 Å². The first-order valence-electron chi connectivity index (χ1n) is 11.3. The molecule has 0 bridgehead atoms. The molecule has 1 amide bonds. The molecule has 178 valence electrons. The number of ether oxygens (including phenoxy) is 1. The van der Waals surface area contributed by atoms with Crippen molar-refractivity contribution < 1.29 is 9.53 Å². The molecule has 1 aliphatic carbocycles. The van der Waals surface area contributed by atoms with Gasteiger partial charge in [-0.05, 0) is 36.8 Å². The largest absolute Gasteiger partial charge is 0.411 e. The van der Waals surface area contributed by atoms with Gasteiger partial charge in [0.25, 0.3) is 5.90 Å². The highest BCUT2D eigenvalue weighted by molar-refractivity contribution is 6.30. The molecule has 1 aliphatic rings. The lowest BCUT2D eigenvalue weighted by atomic mass is 9.83. The number of carbonyl (C=O) groups is 1. The Morgan fingerprint density at radius 2 is 2.09 bits per heavy atom. The van der Waals surface area contributed by atoms with Crippen molar-refractivity contribution >= 4 is 40.7 Å². The number of carbonyl (C=O) groups excluding carboxylic acids is 1. The molecule has 34 heavy (non-hydrogen) atoms. The van der Waals surface area contributed by atoms with Crippen LogP contribution in [0.4, 0.5) is 10.7 Å². The molecule has 0 saturated heterocycles. The number of rotatable bonds is 7. The molecule has 0 radical (unpaired) electrons. The van der Waals surface area contributed by atoms with E-state index in [0.717, 1.165) is 36.4 Å².